The maximum atomic E-state index is 12.3. The van der Waals surface area contributed by atoms with E-state index in [1.807, 2.05) is 39.9 Å². The number of aromatic nitrogens is 4. The first-order valence-corrected chi connectivity index (χ1v) is 8.80. The largest absolute Gasteiger partial charge is 0.391 e. The van der Waals surface area contributed by atoms with Crippen molar-refractivity contribution in [2.45, 2.75) is 25.0 Å². The monoisotopic (exact) mass is 367 g/mol. The van der Waals surface area contributed by atoms with E-state index in [2.05, 4.69) is 20.3 Å². The summed E-state index contributed by atoms with van der Waals surface area (Å²) in [6.07, 6.45) is 5.44. The predicted molar refractivity (Wildman–Crippen MR) is 100 cm³/mol. The van der Waals surface area contributed by atoms with Gasteiger partial charge in [-0.25, -0.2) is 15.0 Å². The van der Waals surface area contributed by atoms with Crippen LogP contribution in [0.4, 0.5) is 11.6 Å². The fourth-order valence-electron chi connectivity index (χ4n) is 3.42. The summed E-state index contributed by atoms with van der Waals surface area (Å²) in [6, 6.07) is 7.33. The number of nitrogens with two attached hydrogens (primary N) is 1. The van der Waals surface area contributed by atoms with E-state index in [4.69, 9.17) is 5.73 Å². The van der Waals surface area contributed by atoms with E-state index in [0.717, 1.165) is 5.65 Å². The fraction of sp³-hybridized carbons (Fsp3) is 0.333. The molecule has 0 aromatic carbocycles. The molecule has 1 amide bonds. The number of carbonyl (C=O) groups is 1. The Bertz CT molecular complexity index is 925. The molecule has 140 valence electrons. The highest BCUT2D eigenvalue weighted by atomic mass is 16.3. The van der Waals surface area contributed by atoms with Crippen LogP contribution < -0.4 is 16.0 Å². The first-order chi connectivity index (χ1) is 13.1. The van der Waals surface area contributed by atoms with Crippen molar-refractivity contribution >= 4 is 23.2 Å². The SMILES string of the molecule is Nc1cc(N2C[C@H](O)C[C@@H]2CNC(=O)Cc2cn3ccccc3n2)ncn1. The molecule has 4 N–H and O–H groups in total. The van der Waals surface area contributed by atoms with Crippen LogP contribution in [0.3, 0.4) is 0 Å². The van der Waals surface area contributed by atoms with Gasteiger partial charge in [-0.3, -0.25) is 4.79 Å². The molecule has 0 aliphatic carbocycles. The first kappa shape index (κ1) is 17.2. The van der Waals surface area contributed by atoms with Crippen molar-refractivity contribution in [2.24, 2.45) is 0 Å². The van der Waals surface area contributed by atoms with Crippen molar-refractivity contribution in [2.75, 3.05) is 23.7 Å². The molecule has 0 saturated carbocycles. The molecule has 9 heteroatoms. The molecular weight excluding hydrogens is 346 g/mol. The number of pyridine rings is 1. The van der Waals surface area contributed by atoms with Gasteiger partial charge >= 0.3 is 0 Å². The standard InChI is InChI=1S/C18H21N7O2/c19-15-7-17(22-11-21-15)25-10-14(26)6-13(25)8-20-18(27)5-12-9-24-4-2-1-3-16(24)23-12/h1-4,7,9,11,13-14,26H,5-6,8,10H2,(H,20,27)(H2,19,21,22)/t13-,14-/m1/s1. The molecule has 1 fully saturated rings. The van der Waals surface area contributed by atoms with Gasteiger partial charge in [-0.15, -0.1) is 0 Å². The van der Waals surface area contributed by atoms with Crippen molar-refractivity contribution < 1.29 is 9.90 Å². The van der Waals surface area contributed by atoms with Gasteiger partial charge in [0.2, 0.25) is 5.91 Å². The van der Waals surface area contributed by atoms with Crippen LogP contribution in [0.25, 0.3) is 5.65 Å². The molecule has 0 bridgehead atoms. The van der Waals surface area contributed by atoms with Crippen molar-refractivity contribution in [3.8, 4) is 0 Å². The average molecular weight is 367 g/mol. The van der Waals surface area contributed by atoms with Gasteiger partial charge in [0.1, 0.15) is 23.6 Å². The van der Waals surface area contributed by atoms with Gasteiger partial charge in [0.25, 0.3) is 0 Å². The van der Waals surface area contributed by atoms with Crippen LogP contribution in [0.15, 0.2) is 43.0 Å². The van der Waals surface area contributed by atoms with Gasteiger partial charge < -0.3 is 25.5 Å². The lowest BCUT2D eigenvalue weighted by Crippen LogP contribution is -2.41. The van der Waals surface area contributed by atoms with Crippen LogP contribution in [0.5, 0.6) is 0 Å². The fourth-order valence-corrected chi connectivity index (χ4v) is 3.42. The lowest BCUT2D eigenvalue weighted by atomic mass is 10.2. The normalized spacial score (nSPS) is 19.5. The van der Waals surface area contributed by atoms with Gasteiger partial charge in [-0.2, -0.15) is 0 Å². The van der Waals surface area contributed by atoms with E-state index in [0.29, 0.717) is 36.8 Å². The van der Waals surface area contributed by atoms with Gasteiger partial charge in [0.05, 0.1) is 24.3 Å². The molecule has 0 radical (unpaired) electrons. The maximum absolute atomic E-state index is 12.3. The number of β-amino-alcohol motifs (C(OH)–C–C–N with tert-alkyl or cyclic N) is 1. The Morgan fingerprint density at radius 3 is 3.07 bits per heavy atom. The smallest absolute Gasteiger partial charge is 0.226 e. The highest BCUT2D eigenvalue weighted by Crippen LogP contribution is 2.24. The minimum absolute atomic E-state index is 0.0562. The zero-order chi connectivity index (χ0) is 18.8. The van der Waals surface area contributed by atoms with Crippen LogP contribution in [0.2, 0.25) is 0 Å². The first-order valence-electron chi connectivity index (χ1n) is 8.80. The lowest BCUT2D eigenvalue weighted by Gasteiger charge is -2.25. The Morgan fingerprint density at radius 2 is 2.26 bits per heavy atom. The summed E-state index contributed by atoms with van der Waals surface area (Å²) in [7, 11) is 0. The van der Waals surface area contributed by atoms with Crippen LogP contribution in [-0.2, 0) is 11.2 Å². The van der Waals surface area contributed by atoms with E-state index in [-0.39, 0.29) is 18.4 Å². The molecule has 4 heterocycles. The van der Waals surface area contributed by atoms with Gasteiger partial charge in [-0.05, 0) is 18.6 Å². The summed E-state index contributed by atoms with van der Waals surface area (Å²) in [5, 5.41) is 13.0. The second-order valence-electron chi connectivity index (χ2n) is 6.68. The number of nitrogens with one attached hydrogen (secondary N) is 1. The molecule has 2 atom stereocenters. The highest BCUT2D eigenvalue weighted by Gasteiger charge is 2.32. The zero-order valence-electron chi connectivity index (χ0n) is 14.7. The Morgan fingerprint density at radius 1 is 1.37 bits per heavy atom. The summed E-state index contributed by atoms with van der Waals surface area (Å²) in [4.78, 5) is 26.8. The molecular formula is C18H21N7O2. The number of fused-ring (bicyclic) bond motifs is 1. The molecule has 1 aliphatic heterocycles. The van der Waals surface area contributed by atoms with Crippen molar-refractivity contribution in [1.82, 2.24) is 24.7 Å². The van der Waals surface area contributed by atoms with E-state index >= 15 is 0 Å². The van der Waals surface area contributed by atoms with Gasteiger partial charge in [-0.1, -0.05) is 6.07 Å². The van der Waals surface area contributed by atoms with E-state index in [1.165, 1.54) is 6.33 Å². The van der Waals surface area contributed by atoms with Crippen molar-refractivity contribution in [1.29, 1.82) is 0 Å². The number of aliphatic hydroxyl groups is 1. The number of imidazole rings is 1. The van der Waals surface area contributed by atoms with Crippen LogP contribution in [-0.4, -0.2) is 55.6 Å². The predicted octanol–water partition coefficient (Wildman–Crippen LogP) is 0.00500. The third-order valence-corrected chi connectivity index (χ3v) is 4.65. The van der Waals surface area contributed by atoms with Crippen LogP contribution in [0.1, 0.15) is 12.1 Å². The number of rotatable bonds is 5. The number of nitrogens with zero attached hydrogens (tertiary/aromatic N) is 5. The molecule has 1 saturated heterocycles. The molecule has 9 nitrogen and oxygen atoms in total. The third kappa shape index (κ3) is 3.82. The van der Waals surface area contributed by atoms with Gasteiger partial charge in [0.15, 0.2) is 0 Å². The Balaban J connectivity index is 1.38. The third-order valence-electron chi connectivity index (χ3n) is 4.65. The Labute approximate surface area is 155 Å². The Kier molecular flexibility index (Phi) is 4.59. The number of hydrogen-bond acceptors (Lipinski definition) is 7. The number of nitrogen functional groups attached to an aromatic ring is 1. The topological polar surface area (TPSA) is 122 Å². The summed E-state index contributed by atoms with van der Waals surface area (Å²) in [6.45, 7) is 0.858. The quantitative estimate of drug-likeness (QED) is 0.580. The lowest BCUT2D eigenvalue weighted by molar-refractivity contribution is -0.120. The van der Waals surface area contributed by atoms with E-state index in [9.17, 15) is 9.90 Å². The van der Waals surface area contributed by atoms with Crippen molar-refractivity contribution in [3.05, 3.63) is 48.7 Å². The van der Waals surface area contributed by atoms with Crippen LogP contribution >= 0.6 is 0 Å². The minimum atomic E-state index is -0.471. The molecule has 3 aromatic rings. The number of carbonyl (C=O) groups excluding carboxylic acids is 1. The highest BCUT2D eigenvalue weighted by molar-refractivity contribution is 5.78. The summed E-state index contributed by atoms with van der Waals surface area (Å²) in [5.74, 6) is 0.914. The average Bonchev–Trinajstić information content (AvgIpc) is 3.22. The minimum Gasteiger partial charge on any atom is -0.391 e. The molecule has 27 heavy (non-hydrogen) atoms. The van der Waals surface area contributed by atoms with E-state index < -0.39 is 6.10 Å². The number of anilines is 2. The molecule has 1 aliphatic rings. The number of hydrogen-bond donors (Lipinski definition) is 3. The summed E-state index contributed by atoms with van der Waals surface area (Å²) < 4.78 is 1.89. The second kappa shape index (κ2) is 7.20. The second-order valence-corrected chi connectivity index (χ2v) is 6.68. The molecule has 4 rings (SSSR count). The molecule has 3 aromatic heterocycles. The zero-order valence-corrected chi connectivity index (χ0v) is 14.7. The summed E-state index contributed by atoms with van der Waals surface area (Å²) >= 11 is 0. The number of amides is 1. The van der Waals surface area contributed by atoms with E-state index in [1.54, 1.807) is 6.07 Å². The molecule has 0 unspecified atom stereocenters. The Hall–Kier alpha value is -3.20. The van der Waals surface area contributed by atoms with Crippen molar-refractivity contribution in [3.63, 3.8) is 0 Å². The molecule has 0 spiro atoms. The maximum Gasteiger partial charge on any atom is 0.226 e. The number of aliphatic hydroxyl groups excluding tert-OH is 1. The summed E-state index contributed by atoms with van der Waals surface area (Å²) in [5.41, 5.74) is 7.25. The van der Waals surface area contributed by atoms with Crippen LogP contribution in [0, 0.1) is 0 Å². The van der Waals surface area contributed by atoms with Gasteiger partial charge in [0, 0.05) is 31.5 Å².